The first-order chi connectivity index (χ1) is 11.1. The monoisotopic (exact) mass is 311 g/mol. The third kappa shape index (κ3) is 3.66. The topological polar surface area (TPSA) is 81.2 Å². The molecular weight excluding hydrogens is 294 g/mol. The average molecular weight is 311 g/mol. The zero-order chi connectivity index (χ0) is 16.2. The smallest absolute Gasteiger partial charge is 0.291 e. The largest absolute Gasteiger partial charge is 0.459 e. The Morgan fingerprint density at radius 1 is 1.22 bits per heavy atom. The van der Waals surface area contributed by atoms with Crippen LogP contribution in [0, 0.1) is 0 Å². The molecule has 23 heavy (non-hydrogen) atoms. The van der Waals surface area contributed by atoms with Crippen LogP contribution in [0.4, 0.5) is 5.69 Å². The summed E-state index contributed by atoms with van der Waals surface area (Å²) in [6.45, 7) is 4.02. The van der Waals surface area contributed by atoms with Crippen molar-refractivity contribution < 1.29 is 13.7 Å². The highest BCUT2D eigenvalue weighted by Gasteiger charge is 2.11. The van der Waals surface area contributed by atoms with E-state index in [1.807, 2.05) is 38.1 Å². The molecule has 1 N–H and O–H groups in total. The quantitative estimate of drug-likeness (QED) is 0.778. The van der Waals surface area contributed by atoms with Gasteiger partial charge < -0.3 is 14.3 Å². The van der Waals surface area contributed by atoms with Gasteiger partial charge in [0.1, 0.15) is 0 Å². The van der Waals surface area contributed by atoms with E-state index in [2.05, 4.69) is 15.5 Å². The van der Waals surface area contributed by atoms with Gasteiger partial charge in [0.2, 0.25) is 5.89 Å². The van der Waals surface area contributed by atoms with Gasteiger partial charge in [0, 0.05) is 18.0 Å². The van der Waals surface area contributed by atoms with Crippen molar-refractivity contribution in [3.8, 4) is 0 Å². The normalized spacial score (nSPS) is 10.9. The number of aromatic nitrogens is 2. The molecule has 0 unspecified atom stereocenters. The van der Waals surface area contributed by atoms with Gasteiger partial charge in [0.25, 0.3) is 5.91 Å². The fourth-order valence-electron chi connectivity index (χ4n) is 2.06. The maximum atomic E-state index is 11.9. The molecule has 0 bridgehead atoms. The lowest BCUT2D eigenvalue weighted by Gasteiger charge is -2.04. The standard InChI is InChI=1S/C17H17N3O3/c1-11(2)17-19-15(20-23-17)10-12-5-7-13(8-6-12)18-16(21)14-4-3-9-22-14/h3-9,11H,10H2,1-2H3,(H,18,21). The number of furan rings is 1. The minimum atomic E-state index is -0.275. The Balaban J connectivity index is 1.63. The van der Waals surface area contributed by atoms with E-state index in [4.69, 9.17) is 8.94 Å². The lowest BCUT2D eigenvalue weighted by atomic mass is 10.1. The van der Waals surface area contributed by atoms with E-state index >= 15 is 0 Å². The van der Waals surface area contributed by atoms with Crippen molar-refractivity contribution in [1.29, 1.82) is 0 Å². The Hall–Kier alpha value is -2.89. The molecule has 3 aromatic rings. The van der Waals surface area contributed by atoms with Crippen molar-refractivity contribution >= 4 is 11.6 Å². The van der Waals surface area contributed by atoms with E-state index in [-0.39, 0.29) is 17.6 Å². The SMILES string of the molecule is CC(C)c1nc(Cc2ccc(NC(=O)c3ccco3)cc2)no1. The van der Waals surface area contributed by atoms with Gasteiger partial charge in [0.15, 0.2) is 11.6 Å². The van der Waals surface area contributed by atoms with E-state index < -0.39 is 0 Å². The second kappa shape index (κ2) is 6.48. The number of nitrogens with zero attached hydrogens (tertiary/aromatic N) is 2. The highest BCUT2D eigenvalue weighted by atomic mass is 16.5. The van der Waals surface area contributed by atoms with Gasteiger partial charge in [-0.05, 0) is 29.8 Å². The first-order valence-electron chi connectivity index (χ1n) is 7.38. The molecule has 0 saturated heterocycles. The van der Waals surface area contributed by atoms with Gasteiger partial charge in [-0.25, -0.2) is 0 Å². The van der Waals surface area contributed by atoms with Gasteiger partial charge in [-0.15, -0.1) is 0 Å². The van der Waals surface area contributed by atoms with E-state index in [1.165, 1.54) is 6.26 Å². The second-order valence-electron chi connectivity index (χ2n) is 5.51. The number of anilines is 1. The summed E-state index contributed by atoms with van der Waals surface area (Å²) in [5, 5.41) is 6.74. The van der Waals surface area contributed by atoms with Gasteiger partial charge in [-0.3, -0.25) is 4.79 Å². The molecule has 0 radical (unpaired) electrons. The van der Waals surface area contributed by atoms with Crippen molar-refractivity contribution in [2.45, 2.75) is 26.2 Å². The number of hydrogen-bond donors (Lipinski definition) is 1. The summed E-state index contributed by atoms with van der Waals surface area (Å²) in [7, 11) is 0. The molecule has 6 nitrogen and oxygen atoms in total. The summed E-state index contributed by atoms with van der Waals surface area (Å²) in [6.07, 6.45) is 2.05. The number of rotatable bonds is 5. The van der Waals surface area contributed by atoms with Gasteiger partial charge >= 0.3 is 0 Å². The molecular formula is C17H17N3O3. The van der Waals surface area contributed by atoms with E-state index in [9.17, 15) is 4.79 Å². The van der Waals surface area contributed by atoms with E-state index in [0.29, 0.717) is 23.8 Å². The molecule has 2 heterocycles. The van der Waals surface area contributed by atoms with Crippen LogP contribution in [0.3, 0.4) is 0 Å². The maximum absolute atomic E-state index is 11.9. The molecule has 0 aliphatic heterocycles. The van der Waals surface area contributed by atoms with Crippen LogP contribution in [0.15, 0.2) is 51.6 Å². The molecule has 2 aromatic heterocycles. The highest BCUT2D eigenvalue weighted by Crippen LogP contribution is 2.16. The predicted octanol–water partition coefficient (Wildman–Crippen LogP) is 3.63. The molecule has 3 rings (SSSR count). The third-order valence-corrected chi connectivity index (χ3v) is 3.30. The molecule has 0 aliphatic rings. The molecule has 0 aliphatic carbocycles. The Bertz CT molecular complexity index is 774. The molecule has 0 atom stereocenters. The van der Waals surface area contributed by atoms with Crippen LogP contribution in [0.1, 0.15) is 47.6 Å². The van der Waals surface area contributed by atoms with Crippen molar-refractivity contribution in [3.63, 3.8) is 0 Å². The Morgan fingerprint density at radius 2 is 2.00 bits per heavy atom. The van der Waals surface area contributed by atoms with Crippen LogP contribution in [0.25, 0.3) is 0 Å². The summed E-state index contributed by atoms with van der Waals surface area (Å²) >= 11 is 0. The van der Waals surface area contributed by atoms with Crippen LogP contribution in [0.5, 0.6) is 0 Å². The minimum absolute atomic E-state index is 0.218. The van der Waals surface area contributed by atoms with Crippen LogP contribution >= 0.6 is 0 Å². The summed E-state index contributed by atoms with van der Waals surface area (Å²) in [4.78, 5) is 16.2. The van der Waals surface area contributed by atoms with Crippen molar-refractivity contribution in [1.82, 2.24) is 10.1 Å². The number of amides is 1. The van der Waals surface area contributed by atoms with Crippen molar-refractivity contribution in [2.75, 3.05) is 5.32 Å². The van der Waals surface area contributed by atoms with Crippen molar-refractivity contribution in [3.05, 3.63) is 65.7 Å². The molecule has 0 saturated carbocycles. The first kappa shape index (κ1) is 15.0. The Kier molecular flexibility index (Phi) is 4.23. The summed E-state index contributed by atoms with van der Waals surface area (Å²) in [5.74, 6) is 1.52. The minimum Gasteiger partial charge on any atom is -0.459 e. The molecule has 118 valence electrons. The highest BCUT2D eigenvalue weighted by molar-refractivity contribution is 6.02. The molecule has 1 amide bonds. The fourth-order valence-corrected chi connectivity index (χ4v) is 2.06. The van der Waals surface area contributed by atoms with Crippen LogP contribution in [0.2, 0.25) is 0 Å². The lowest BCUT2D eigenvalue weighted by molar-refractivity contribution is 0.0996. The van der Waals surface area contributed by atoms with Crippen LogP contribution < -0.4 is 5.32 Å². The predicted molar refractivity (Wildman–Crippen MR) is 84.3 cm³/mol. The number of benzene rings is 1. The van der Waals surface area contributed by atoms with Crippen LogP contribution in [-0.4, -0.2) is 16.0 Å². The lowest BCUT2D eigenvalue weighted by Crippen LogP contribution is -2.10. The van der Waals surface area contributed by atoms with Gasteiger partial charge in [-0.2, -0.15) is 4.98 Å². The average Bonchev–Trinajstić information content (AvgIpc) is 3.20. The van der Waals surface area contributed by atoms with Crippen molar-refractivity contribution in [2.24, 2.45) is 0 Å². The van der Waals surface area contributed by atoms with E-state index in [0.717, 1.165) is 5.56 Å². The zero-order valence-corrected chi connectivity index (χ0v) is 12.9. The third-order valence-electron chi connectivity index (χ3n) is 3.30. The Labute approximate surface area is 133 Å². The number of carbonyl (C=O) groups excluding carboxylic acids is 1. The summed E-state index contributed by atoms with van der Waals surface area (Å²) < 4.78 is 10.2. The number of hydrogen-bond acceptors (Lipinski definition) is 5. The van der Waals surface area contributed by atoms with E-state index in [1.54, 1.807) is 12.1 Å². The zero-order valence-electron chi connectivity index (χ0n) is 12.9. The van der Waals surface area contributed by atoms with Gasteiger partial charge in [-0.1, -0.05) is 31.1 Å². The number of nitrogens with one attached hydrogen (secondary N) is 1. The first-order valence-corrected chi connectivity index (χ1v) is 7.38. The molecule has 6 heteroatoms. The Morgan fingerprint density at radius 3 is 2.61 bits per heavy atom. The van der Waals surface area contributed by atoms with Crippen LogP contribution in [-0.2, 0) is 6.42 Å². The maximum Gasteiger partial charge on any atom is 0.291 e. The molecule has 0 fully saturated rings. The fraction of sp³-hybridized carbons (Fsp3) is 0.235. The molecule has 1 aromatic carbocycles. The van der Waals surface area contributed by atoms with Gasteiger partial charge in [0.05, 0.1) is 6.26 Å². The molecule has 0 spiro atoms. The summed E-state index contributed by atoms with van der Waals surface area (Å²) in [6, 6.07) is 10.8. The summed E-state index contributed by atoms with van der Waals surface area (Å²) in [5.41, 5.74) is 1.74. The number of carbonyl (C=O) groups is 1. The second-order valence-corrected chi connectivity index (χ2v) is 5.51.